The molecule has 0 aliphatic carbocycles. The van der Waals surface area contributed by atoms with Gasteiger partial charge in [-0.3, -0.25) is 15.1 Å². The molecule has 0 saturated carbocycles. The van der Waals surface area contributed by atoms with Crippen LogP contribution in [0.25, 0.3) is 11.1 Å². The van der Waals surface area contributed by atoms with Gasteiger partial charge in [-0.25, -0.2) is 4.39 Å². The molecule has 0 bridgehead atoms. The number of aldehydes is 1. The van der Waals surface area contributed by atoms with Crippen LogP contribution in [-0.4, -0.2) is 18.5 Å². The predicted molar refractivity (Wildman–Crippen MR) is 78.8 cm³/mol. The number of benzene rings is 2. The minimum atomic E-state index is -0.428. The number of carbonyl (C=O) groups excluding carboxylic acids is 1. The number of aliphatic hydroxyl groups is 1. The van der Waals surface area contributed by atoms with E-state index in [1.165, 1.54) is 31.4 Å². The zero-order chi connectivity index (χ0) is 15.4. The van der Waals surface area contributed by atoms with Crippen molar-refractivity contribution < 1.29 is 19.1 Å². The van der Waals surface area contributed by atoms with E-state index < -0.39 is 5.82 Å². The second-order valence-corrected chi connectivity index (χ2v) is 4.68. The van der Waals surface area contributed by atoms with E-state index in [1.807, 2.05) is 0 Å². The highest BCUT2D eigenvalue weighted by molar-refractivity contribution is 6.34. The summed E-state index contributed by atoms with van der Waals surface area (Å²) in [5.41, 5.74) is 4.46. The van der Waals surface area contributed by atoms with Crippen LogP contribution in [-0.2, 0) is 11.4 Å². The first-order valence-corrected chi connectivity index (χ1v) is 6.46. The van der Waals surface area contributed by atoms with Gasteiger partial charge in [0, 0.05) is 5.56 Å². The Kier molecular flexibility index (Phi) is 4.90. The fraction of sp³-hybridized carbons (Fsp3) is 0.133. The number of carbonyl (C=O) groups is 1. The van der Waals surface area contributed by atoms with E-state index >= 15 is 0 Å². The molecule has 0 radical (unpaired) electrons. The highest BCUT2D eigenvalue weighted by Crippen LogP contribution is 2.38. The van der Waals surface area contributed by atoms with Crippen LogP contribution in [0, 0.1) is 5.82 Å². The molecule has 0 aromatic heterocycles. The summed E-state index contributed by atoms with van der Waals surface area (Å²) in [6.07, 6.45) is 0.577. The number of halogens is 2. The second kappa shape index (κ2) is 6.67. The molecule has 4 nitrogen and oxygen atoms in total. The number of aliphatic hydroxyl groups excluding tert-OH is 1. The molecule has 2 aromatic carbocycles. The van der Waals surface area contributed by atoms with Gasteiger partial charge < -0.3 is 5.11 Å². The molecule has 110 valence electrons. The van der Waals surface area contributed by atoms with Crippen molar-refractivity contribution in [1.82, 2.24) is 0 Å². The summed E-state index contributed by atoms with van der Waals surface area (Å²) in [7, 11) is 1.38. The van der Waals surface area contributed by atoms with Crippen molar-refractivity contribution in [3.8, 4) is 11.1 Å². The van der Waals surface area contributed by atoms with Gasteiger partial charge in [-0.15, -0.1) is 0 Å². The molecule has 0 aliphatic heterocycles. The zero-order valence-corrected chi connectivity index (χ0v) is 11.9. The Hall–Kier alpha value is -1.95. The summed E-state index contributed by atoms with van der Waals surface area (Å²) >= 11 is 6.03. The van der Waals surface area contributed by atoms with Gasteiger partial charge >= 0.3 is 0 Å². The van der Waals surface area contributed by atoms with Crippen molar-refractivity contribution in [2.75, 3.05) is 12.6 Å². The van der Waals surface area contributed by atoms with E-state index in [1.54, 1.807) is 6.07 Å². The van der Waals surface area contributed by atoms with Crippen LogP contribution in [0.4, 0.5) is 10.1 Å². The quantitative estimate of drug-likeness (QED) is 0.656. The Morgan fingerprint density at radius 1 is 1.43 bits per heavy atom. The van der Waals surface area contributed by atoms with Gasteiger partial charge in [0.05, 0.1) is 30.0 Å². The maximum absolute atomic E-state index is 13.5. The number of nitrogens with one attached hydrogen (secondary N) is 1. The molecule has 0 saturated heterocycles. The summed E-state index contributed by atoms with van der Waals surface area (Å²) in [6.45, 7) is -0.316. The van der Waals surface area contributed by atoms with E-state index in [2.05, 4.69) is 5.48 Å². The fourth-order valence-corrected chi connectivity index (χ4v) is 2.41. The molecule has 0 spiro atoms. The summed E-state index contributed by atoms with van der Waals surface area (Å²) in [5.74, 6) is -0.428. The standard InChI is InChI=1S/C15H13ClFNO3/c1-21-18-15-12(8-20)13(16)6-10(7-19)14(15)9-3-2-4-11(17)5-9/h2-6,8,18-19H,7H2,1H3. The minimum absolute atomic E-state index is 0.175. The molecule has 2 aromatic rings. The molecular weight excluding hydrogens is 297 g/mol. The Morgan fingerprint density at radius 3 is 2.76 bits per heavy atom. The molecule has 21 heavy (non-hydrogen) atoms. The molecule has 2 N–H and O–H groups in total. The SMILES string of the molecule is CONc1c(C=O)c(Cl)cc(CO)c1-c1cccc(F)c1. The van der Waals surface area contributed by atoms with Gasteiger partial charge in [0.25, 0.3) is 0 Å². The van der Waals surface area contributed by atoms with Crippen molar-refractivity contribution in [2.24, 2.45) is 0 Å². The number of hydrogen-bond donors (Lipinski definition) is 2. The van der Waals surface area contributed by atoms with E-state index in [4.69, 9.17) is 16.4 Å². The van der Waals surface area contributed by atoms with Gasteiger partial charge in [0.2, 0.25) is 0 Å². The third-order valence-corrected chi connectivity index (χ3v) is 3.32. The Balaban J connectivity index is 2.80. The lowest BCUT2D eigenvalue weighted by molar-refractivity contribution is 0.112. The van der Waals surface area contributed by atoms with Crippen molar-refractivity contribution in [3.63, 3.8) is 0 Å². The van der Waals surface area contributed by atoms with Gasteiger partial charge in [-0.2, -0.15) is 0 Å². The van der Waals surface area contributed by atoms with Gasteiger partial charge in [-0.05, 0) is 29.3 Å². The average Bonchev–Trinajstić information content (AvgIpc) is 2.47. The third kappa shape index (κ3) is 3.05. The lowest BCUT2D eigenvalue weighted by Gasteiger charge is -2.18. The van der Waals surface area contributed by atoms with Crippen LogP contribution < -0.4 is 5.48 Å². The lowest BCUT2D eigenvalue weighted by atomic mass is 9.95. The predicted octanol–water partition coefficient (Wildman–Crippen LogP) is 3.42. The van der Waals surface area contributed by atoms with Crippen molar-refractivity contribution in [1.29, 1.82) is 0 Å². The molecule has 0 amide bonds. The van der Waals surface area contributed by atoms with Crippen LogP contribution in [0.2, 0.25) is 5.02 Å². The Labute approximate surface area is 126 Å². The average molecular weight is 310 g/mol. The van der Waals surface area contributed by atoms with Crippen LogP contribution in [0.3, 0.4) is 0 Å². The molecule has 2 rings (SSSR count). The van der Waals surface area contributed by atoms with Crippen LogP contribution in [0.1, 0.15) is 15.9 Å². The summed E-state index contributed by atoms with van der Waals surface area (Å²) in [6, 6.07) is 7.30. The fourth-order valence-electron chi connectivity index (χ4n) is 2.14. The van der Waals surface area contributed by atoms with Gasteiger partial charge in [0.15, 0.2) is 6.29 Å². The molecule has 6 heteroatoms. The van der Waals surface area contributed by atoms with Crippen LogP contribution in [0.15, 0.2) is 30.3 Å². The minimum Gasteiger partial charge on any atom is -0.392 e. The number of hydrogen-bond acceptors (Lipinski definition) is 4. The third-order valence-electron chi connectivity index (χ3n) is 3.00. The van der Waals surface area contributed by atoms with Crippen molar-refractivity contribution in [3.05, 3.63) is 52.3 Å². The maximum Gasteiger partial charge on any atom is 0.153 e. The molecule has 0 atom stereocenters. The van der Waals surface area contributed by atoms with E-state index in [-0.39, 0.29) is 22.9 Å². The number of rotatable bonds is 5. The molecule has 0 heterocycles. The molecule has 0 aliphatic rings. The summed E-state index contributed by atoms with van der Waals surface area (Å²) in [4.78, 5) is 16.1. The van der Waals surface area contributed by atoms with Crippen LogP contribution in [0.5, 0.6) is 0 Å². The first-order valence-electron chi connectivity index (χ1n) is 6.08. The smallest absolute Gasteiger partial charge is 0.153 e. The maximum atomic E-state index is 13.5. The molecular formula is C15H13ClFNO3. The first-order chi connectivity index (χ1) is 10.1. The van der Waals surface area contributed by atoms with E-state index in [0.717, 1.165) is 0 Å². The van der Waals surface area contributed by atoms with E-state index in [0.29, 0.717) is 23.0 Å². The van der Waals surface area contributed by atoms with Gasteiger partial charge in [-0.1, -0.05) is 23.7 Å². The molecule has 0 unspecified atom stereocenters. The zero-order valence-electron chi connectivity index (χ0n) is 11.2. The first kappa shape index (κ1) is 15.4. The highest BCUT2D eigenvalue weighted by atomic mass is 35.5. The summed E-state index contributed by atoms with van der Waals surface area (Å²) < 4.78 is 13.5. The summed E-state index contributed by atoms with van der Waals surface area (Å²) in [5, 5.41) is 9.70. The monoisotopic (exact) mass is 309 g/mol. The second-order valence-electron chi connectivity index (χ2n) is 4.27. The number of anilines is 1. The Morgan fingerprint density at radius 2 is 2.19 bits per heavy atom. The Bertz CT molecular complexity index is 676. The van der Waals surface area contributed by atoms with Gasteiger partial charge in [0.1, 0.15) is 5.82 Å². The van der Waals surface area contributed by atoms with E-state index in [9.17, 15) is 14.3 Å². The normalized spacial score (nSPS) is 10.5. The van der Waals surface area contributed by atoms with Crippen molar-refractivity contribution >= 4 is 23.6 Å². The highest BCUT2D eigenvalue weighted by Gasteiger charge is 2.18. The van der Waals surface area contributed by atoms with Crippen molar-refractivity contribution in [2.45, 2.75) is 6.61 Å². The van der Waals surface area contributed by atoms with Crippen LogP contribution >= 0.6 is 11.6 Å². The molecule has 0 fully saturated rings. The lowest BCUT2D eigenvalue weighted by Crippen LogP contribution is -2.05. The topological polar surface area (TPSA) is 58.6 Å². The largest absolute Gasteiger partial charge is 0.392 e.